The van der Waals surface area contributed by atoms with Gasteiger partial charge in [-0.3, -0.25) is 5.43 Å². The van der Waals surface area contributed by atoms with Gasteiger partial charge in [0.1, 0.15) is 0 Å². The van der Waals surface area contributed by atoms with E-state index in [-0.39, 0.29) is 12.6 Å². The molecule has 5 heteroatoms. The van der Waals surface area contributed by atoms with E-state index < -0.39 is 0 Å². The number of aliphatic imine (C=N–C) groups is 1. The van der Waals surface area contributed by atoms with Gasteiger partial charge in [0, 0.05) is 0 Å². The second-order valence-corrected chi connectivity index (χ2v) is 1.86. The molecule has 52 valence electrons. The van der Waals surface area contributed by atoms with Crippen LogP contribution in [0.2, 0.25) is 0 Å². The standard InChI is InChI=1S/C4H10N4O/c5-8-4-6-1-3(2-9)7-4/h3,9H,1-2,5H2,(H2,6,7,8). The Morgan fingerprint density at radius 2 is 2.78 bits per heavy atom. The molecule has 0 bridgehead atoms. The van der Waals surface area contributed by atoms with Gasteiger partial charge in [-0.2, -0.15) is 0 Å². The van der Waals surface area contributed by atoms with E-state index in [4.69, 9.17) is 10.9 Å². The van der Waals surface area contributed by atoms with Crippen molar-refractivity contribution >= 4 is 5.96 Å². The van der Waals surface area contributed by atoms with E-state index in [1.807, 2.05) is 0 Å². The average molecular weight is 130 g/mol. The van der Waals surface area contributed by atoms with Gasteiger partial charge in [0.05, 0.1) is 19.2 Å². The lowest BCUT2D eigenvalue weighted by Crippen LogP contribution is -2.43. The number of nitrogens with one attached hydrogen (secondary N) is 2. The molecule has 5 nitrogen and oxygen atoms in total. The summed E-state index contributed by atoms with van der Waals surface area (Å²) in [5.41, 5.74) is 2.36. The van der Waals surface area contributed by atoms with E-state index in [1.54, 1.807) is 0 Å². The van der Waals surface area contributed by atoms with Crippen LogP contribution >= 0.6 is 0 Å². The fraction of sp³-hybridized carbons (Fsp3) is 0.750. The van der Waals surface area contributed by atoms with E-state index in [9.17, 15) is 0 Å². The number of hydrogen-bond donors (Lipinski definition) is 4. The van der Waals surface area contributed by atoms with Gasteiger partial charge >= 0.3 is 0 Å². The zero-order valence-electron chi connectivity index (χ0n) is 4.96. The number of aliphatic hydroxyl groups excluding tert-OH is 1. The van der Waals surface area contributed by atoms with Crippen molar-refractivity contribution in [2.24, 2.45) is 10.8 Å². The Bertz CT molecular complexity index is 124. The highest BCUT2D eigenvalue weighted by Crippen LogP contribution is 1.90. The van der Waals surface area contributed by atoms with E-state index in [1.165, 1.54) is 0 Å². The monoisotopic (exact) mass is 130 g/mol. The van der Waals surface area contributed by atoms with Gasteiger partial charge in [0.25, 0.3) is 0 Å². The highest BCUT2D eigenvalue weighted by atomic mass is 16.3. The number of guanidine groups is 1. The van der Waals surface area contributed by atoms with Gasteiger partial charge in [-0.25, -0.2) is 10.8 Å². The van der Waals surface area contributed by atoms with E-state index >= 15 is 0 Å². The van der Waals surface area contributed by atoms with Gasteiger partial charge in [0.15, 0.2) is 0 Å². The third kappa shape index (κ3) is 1.30. The minimum atomic E-state index is 0.0380. The number of aliphatic hydroxyl groups is 1. The van der Waals surface area contributed by atoms with Crippen molar-refractivity contribution in [1.29, 1.82) is 0 Å². The molecule has 1 aliphatic rings. The molecule has 1 rings (SSSR count). The van der Waals surface area contributed by atoms with Crippen LogP contribution in [0.1, 0.15) is 0 Å². The quantitative estimate of drug-likeness (QED) is 0.239. The normalized spacial score (nSPS) is 25.1. The van der Waals surface area contributed by atoms with Crippen molar-refractivity contribution in [1.82, 2.24) is 10.7 Å². The first-order chi connectivity index (χ1) is 4.36. The van der Waals surface area contributed by atoms with Crippen LogP contribution in [0.15, 0.2) is 4.99 Å². The van der Waals surface area contributed by atoms with Crippen LogP contribution in [0.5, 0.6) is 0 Å². The first-order valence-corrected chi connectivity index (χ1v) is 2.75. The molecule has 0 aliphatic carbocycles. The molecule has 0 radical (unpaired) electrons. The number of nitrogens with zero attached hydrogens (tertiary/aromatic N) is 1. The van der Waals surface area contributed by atoms with Crippen LogP contribution in [-0.2, 0) is 0 Å². The van der Waals surface area contributed by atoms with Gasteiger partial charge in [-0.05, 0) is 0 Å². The lowest BCUT2D eigenvalue weighted by atomic mass is 10.3. The molecule has 1 heterocycles. The SMILES string of the molecule is NNC1=NCC(CO)N1. The van der Waals surface area contributed by atoms with Crippen molar-refractivity contribution in [3.8, 4) is 0 Å². The van der Waals surface area contributed by atoms with Crippen LogP contribution in [0.4, 0.5) is 0 Å². The van der Waals surface area contributed by atoms with Crippen LogP contribution in [0.3, 0.4) is 0 Å². The van der Waals surface area contributed by atoms with E-state index in [0.717, 1.165) is 0 Å². The molecule has 0 spiro atoms. The molecule has 5 N–H and O–H groups in total. The summed E-state index contributed by atoms with van der Waals surface area (Å²) in [6, 6.07) is 0.0380. The molecule has 1 atom stereocenters. The summed E-state index contributed by atoms with van der Waals surface area (Å²) < 4.78 is 0. The molecular weight excluding hydrogens is 120 g/mol. The summed E-state index contributed by atoms with van der Waals surface area (Å²) in [7, 11) is 0. The maximum absolute atomic E-state index is 8.57. The first kappa shape index (κ1) is 6.31. The average Bonchev–Trinajstić information content (AvgIpc) is 2.34. The highest BCUT2D eigenvalue weighted by Gasteiger charge is 2.14. The summed E-state index contributed by atoms with van der Waals surface area (Å²) in [6.45, 7) is 0.685. The lowest BCUT2D eigenvalue weighted by molar-refractivity contribution is 0.263. The zero-order valence-corrected chi connectivity index (χ0v) is 4.96. The fourth-order valence-electron chi connectivity index (χ4n) is 0.677. The molecule has 1 aliphatic heterocycles. The predicted molar refractivity (Wildman–Crippen MR) is 33.6 cm³/mol. The molecule has 9 heavy (non-hydrogen) atoms. The Kier molecular flexibility index (Phi) is 1.86. The number of hydrazine groups is 1. The molecular formula is C4H10N4O. The molecule has 0 aromatic rings. The van der Waals surface area contributed by atoms with Crippen molar-refractivity contribution in [3.63, 3.8) is 0 Å². The molecule has 0 saturated heterocycles. The van der Waals surface area contributed by atoms with Gasteiger partial charge in [-0.1, -0.05) is 0 Å². The van der Waals surface area contributed by atoms with Crippen LogP contribution in [-0.4, -0.2) is 30.3 Å². The van der Waals surface area contributed by atoms with E-state index in [0.29, 0.717) is 12.5 Å². The van der Waals surface area contributed by atoms with Crippen molar-refractivity contribution in [3.05, 3.63) is 0 Å². The minimum absolute atomic E-state index is 0.0380. The van der Waals surface area contributed by atoms with Gasteiger partial charge < -0.3 is 10.4 Å². The lowest BCUT2D eigenvalue weighted by Gasteiger charge is -2.05. The van der Waals surface area contributed by atoms with Gasteiger partial charge in [-0.15, -0.1) is 0 Å². The van der Waals surface area contributed by atoms with Crippen LogP contribution in [0, 0.1) is 0 Å². The summed E-state index contributed by atoms with van der Waals surface area (Å²) in [5, 5.41) is 11.4. The number of hydrogen-bond acceptors (Lipinski definition) is 5. The van der Waals surface area contributed by atoms with E-state index in [2.05, 4.69) is 15.7 Å². The summed E-state index contributed by atoms with van der Waals surface area (Å²) >= 11 is 0. The smallest absolute Gasteiger partial charge is 0.206 e. The second-order valence-electron chi connectivity index (χ2n) is 1.86. The topological polar surface area (TPSA) is 82.7 Å². The number of nitrogens with two attached hydrogens (primary N) is 1. The molecule has 1 unspecified atom stereocenters. The second kappa shape index (κ2) is 2.65. The van der Waals surface area contributed by atoms with Crippen LogP contribution in [0.25, 0.3) is 0 Å². The molecule has 0 saturated carbocycles. The first-order valence-electron chi connectivity index (χ1n) is 2.75. The Labute approximate surface area is 52.9 Å². The molecule has 0 aromatic heterocycles. The molecule has 0 amide bonds. The minimum Gasteiger partial charge on any atom is -0.394 e. The maximum Gasteiger partial charge on any atom is 0.206 e. The Morgan fingerprint density at radius 1 is 2.00 bits per heavy atom. The highest BCUT2D eigenvalue weighted by molar-refractivity contribution is 5.81. The van der Waals surface area contributed by atoms with Gasteiger partial charge in [0.2, 0.25) is 5.96 Å². The van der Waals surface area contributed by atoms with Crippen LogP contribution < -0.4 is 16.6 Å². The third-order valence-electron chi connectivity index (χ3n) is 1.17. The Morgan fingerprint density at radius 3 is 3.11 bits per heavy atom. The Hall–Kier alpha value is -0.810. The summed E-state index contributed by atoms with van der Waals surface area (Å²) in [6.07, 6.45) is 0. The summed E-state index contributed by atoms with van der Waals surface area (Å²) in [4.78, 5) is 3.92. The maximum atomic E-state index is 8.57. The number of rotatable bonds is 1. The largest absolute Gasteiger partial charge is 0.394 e. The molecule has 0 fully saturated rings. The predicted octanol–water partition coefficient (Wildman–Crippen LogP) is -2.23. The van der Waals surface area contributed by atoms with Crippen molar-refractivity contribution in [2.45, 2.75) is 6.04 Å². The summed E-state index contributed by atoms with van der Waals surface area (Å²) in [5.74, 6) is 5.58. The molecule has 0 aromatic carbocycles. The Balaban J connectivity index is 2.31. The van der Waals surface area contributed by atoms with Crippen molar-refractivity contribution < 1.29 is 5.11 Å². The third-order valence-corrected chi connectivity index (χ3v) is 1.17. The van der Waals surface area contributed by atoms with Crippen molar-refractivity contribution in [2.75, 3.05) is 13.2 Å². The zero-order chi connectivity index (χ0) is 6.69. The fourth-order valence-corrected chi connectivity index (χ4v) is 0.677.